The molecule has 4 heterocycles. The summed E-state index contributed by atoms with van der Waals surface area (Å²) in [6.07, 6.45) is 0.945. The lowest BCUT2D eigenvalue weighted by atomic mass is 9.36. The van der Waals surface area contributed by atoms with Crippen LogP contribution in [-0.4, -0.2) is 16.5 Å². The van der Waals surface area contributed by atoms with Gasteiger partial charge in [-0.15, -0.1) is 0 Å². The molecule has 0 saturated carbocycles. The van der Waals surface area contributed by atoms with Crippen LogP contribution in [0.2, 0.25) is 0 Å². The molecular formula is C36H35BN2O. The second-order valence-corrected chi connectivity index (χ2v) is 14.4. The van der Waals surface area contributed by atoms with Gasteiger partial charge < -0.3 is 4.42 Å². The summed E-state index contributed by atoms with van der Waals surface area (Å²) < 4.78 is 8.96. The molecule has 2 aliphatic heterocycles. The van der Waals surface area contributed by atoms with Crippen molar-refractivity contribution in [1.82, 2.24) is 9.78 Å². The molecule has 0 spiro atoms. The molecule has 8 rings (SSSR count). The molecule has 4 heteroatoms. The highest BCUT2D eigenvalue weighted by atomic mass is 16.3. The molecule has 0 fully saturated rings. The van der Waals surface area contributed by atoms with Crippen LogP contribution in [0, 0.1) is 19.3 Å². The summed E-state index contributed by atoms with van der Waals surface area (Å²) in [4.78, 5) is 0. The number of hydrogen-bond acceptors (Lipinski definition) is 2. The van der Waals surface area contributed by atoms with Crippen molar-refractivity contribution in [2.24, 2.45) is 5.41 Å². The molecule has 0 aliphatic carbocycles. The molecule has 0 radical (unpaired) electrons. The summed E-state index contributed by atoms with van der Waals surface area (Å²) in [6, 6.07) is 20.3. The first-order valence-electron chi connectivity index (χ1n) is 14.6. The average Bonchev–Trinajstić information content (AvgIpc) is 3.53. The lowest BCUT2D eigenvalue weighted by Crippen LogP contribution is -2.54. The van der Waals surface area contributed by atoms with E-state index in [0.717, 1.165) is 17.6 Å². The number of furan rings is 1. The Bertz CT molecular complexity index is 2080. The number of hydrogen-bond donors (Lipinski definition) is 0. The molecule has 0 N–H and O–H groups in total. The minimum atomic E-state index is -0.00443. The van der Waals surface area contributed by atoms with Gasteiger partial charge in [-0.3, -0.25) is 0 Å². The van der Waals surface area contributed by atoms with E-state index in [-0.39, 0.29) is 17.5 Å². The molecule has 198 valence electrons. The van der Waals surface area contributed by atoms with Gasteiger partial charge in [0.05, 0.1) is 16.9 Å². The van der Waals surface area contributed by atoms with Crippen molar-refractivity contribution < 1.29 is 4.42 Å². The summed E-state index contributed by atoms with van der Waals surface area (Å²) in [5.74, 6) is 0. The average molecular weight is 523 g/mol. The Labute approximate surface area is 236 Å². The quantitative estimate of drug-likeness (QED) is 0.213. The highest BCUT2D eigenvalue weighted by molar-refractivity contribution is 7.01. The van der Waals surface area contributed by atoms with Gasteiger partial charge in [0.1, 0.15) is 11.2 Å². The molecule has 2 aliphatic rings. The Morgan fingerprint density at radius 3 is 2.38 bits per heavy atom. The van der Waals surface area contributed by atoms with Crippen LogP contribution in [0.15, 0.2) is 59.0 Å². The predicted molar refractivity (Wildman–Crippen MR) is 170 cm³/mol. The number of aromatic nitrogens is 2. The Morgan fingerprint density at radius 1 is 0.850 bits per heavy atom. The Morgan fingerprint density at radius 2 is 1.62 bits per heavy atom. The maximum Gasteiger partial charge on any atom is 0.249 e. The van der Waals surface area contributed by atoms with Gasteiger partial charge in [-0.1, -0.05) is 89.0 Å². The summed E-state index contributed by atoms with van der Waals surface area (Å²) in [6.45, 7) is 18.6. The van der Waals surface area contributed by atoms with Crippen LogP contribution < -0.4 is 16.4 Å². The van der Waals surface area contributed by atoms with Crippen LogP contribution in [0.3, 0.4) is 0 Å². The van der Waals surface area contributed by atoms with Gasteiger partial charge in [-0.05, 0) is 76.9 Å². The van der Waals surface area contributed by atoms with Crippen LogP contribution in [-0.2, 0) is 11.8 Å². The van der Waals surface area contributed by atoms with Crippen molar-refractivity contribution in [2.45, 2.75) is 67.2 Å². The van der Waals surface area contributed by atoms with Crippen LogP contribution in [0.4, 0.5) is 0 Å². The second-order valence-electron chi connectivity index (χ2n) is 14.4. The zero-order chi connectivity index (χ0) is 27.9. The Hall–Kier alpha value is -3.79. The minimum Gasteiger partial charge on any atom is -0.455 e. The van der Waals surface area contributed by atoms with E-state index >= 15 is 0 Å². The summed E-state index contributed by atoms with van der Waals surface area (Å²) in [7, 11) is 0. The number of benzene rings is 4. The van der Waals surface area contributed by atoms with Crippen LogP contribution in [0.25, 0.3) is 49.7 Å². The van der Waals surface area contributed by atoms with Gasteiger partial charge in [-0.2, -0.15) is 5.10 Å². The normalized spacial score (nSPS) is 14.1. The maximum absolute atomic E-state index is 6.67. The van der Waals surface area contributed by atoms with Crippen molar-refractivity contribution in [3.8, 4) is 16.8 Å². The first kappa shape index (κ1) is 24.0. The van der Waals surface area contributed by atoms with Crippen molar-refractivity contribution in [3.63, 3.8) is 0 Å². The van der Waals surface area contributed by atoms with E-state index in [1.807, 2.05) is 0 Å². The number of nitrogens with zero attached hydrogens (tertiary/aromatic N) is 2. The van der Waals surface area contributed by atoms with Crippen LogP contribution >= 0.6 is 0 Å². The standard InChI is InChI=1S/C36H35BN2O/c1-19-15-24-27(18-35(3,4)5)38-39-28-17-21(36(6,7)8)16-25-30-26(37(32(25)28)31(20(19)2)33(24)39)14-13-23-22-11-9-10-12-29(22)40-34(23)30/h9-17H,18H2,1-8H3. The van der Waals surface area contributed by atoms with E-state index in [1.165, 1.54) is 77.3 Å². The fraction of sp³-hybridized carbons (Fsp3) is 0.306. The number of fused-ring (bicyclic) bond motifs is 9. The second kappa shape index (κ2) is 7.48. The first-order chi connectivity index (χ1) is 18.9. The minimum absolute atomic E-state index is 0.00443. The maximum atomic E-state index is 6.67. The van der Waals surface area contributed by atoms with E-state index in [1.54, 1.807) is 0 Å². The predicted octanol–water partition coefficient (Wildman–Crippen LogP) is 7.24. The molecule has 0 unspecified atom stereocenters. The summed E-state index contributed by atoms with van der Waals surface area (Å²) >= 11 is 0. The summed E-state index contributed by atoms with van der Waals surface area (Å²) in [5.41, 5.74) is 16.6. The molecule has 0 saturated heterocycles. The molecule has 0 bridgehead atoms. The monoisotopic (exact) mass is 522 g/mol. The van der Waals surface area contributed by atoms with E-state index in [9.17, 15) is 0 Å². The molecular weight excluding hydrogens is 487 g/mol. The number of para-hydroxylation sites is 1. The van der Waals surface area contributed by atoms with Gasteiger partial charge in [0.2, 0.25) is 6.71 Å². The lowest BCUT2D eigenvalue weighted by Gasteiger charge is -2.28. The van der Waals surface area contributed by atoms with Crippen molar-refractivity contribution in [2.75, 3.05) is 0 Å². The SMILES string of the molecule is Cc1cc2c(CC(C)(C)C)nn3c2c(c1C)B1c2ccc4c(oc5ccccc54)c2-c2cc(C(C)(C)C)cc-3c21. The van der Waals surface area contributed by atoms with Gasteiger partial charge in [0, 0.05) is 21.7 Å². The molecule has 2 aromatic heterocycles. The largest absolute Gasteiger partial charge is 0.455 e. The molecule has 6 aromatic rings. The van der Waals surface area contributed by atoms with Crippen molar-refractivity contribution >= 4 is 55.9 Å². The first-order valence-corrected chi connectivity index (χ1v) is 14.6. The molecule has 40 heavy (non-hydrogen) atoms. The highest BCUT2D eigenvalue weighted by Gasteiger charge is 2.44. The van der Waals surface area contributed by atoms with E-state index in [4.69, 9.17) is 9.52 Å². The van der Waals surface area contributed by atoms with Gasteiger partial charge in [-0.25, -0.2) is 4.68 Å². The zero-order valence-corrected chi connectivity index (χ0v) is 24.8. The third-order valence-corrected chi connectivity index (χ3v) is 9.30. The lowest BCUT2D eigenvalue weighted by molar-refractivity contribution is 0.406. The third-order valence-electron chi connectivity index (χ3n) is 9.30. The van der Waals surface area contributed by atoms with Gasteiger partial charge in [0.15, 0.2) is 0 Å². The van der Waals surface area contributed by atoms with E-state index in [0.29, 0.717) is 0 Å². The van der Waals surface area contributed by atoms with E-state index < -0.39 is 0 Å². The topological polar surface area (TPSA) is 31.0 Å². The van der Waals surface area contributed by atoms with Crippen LogP contribution in [0.5, 0.6) is 0 Å². The summed E-state index contributed by atoms with van der Waals surface area (Å²) in [5, 5.41) is 9.09. The van der Waals surface area contributed by atoms with Gasteiger partial charge >= 0.3 is 0 Å². The fourth-order valence-electron chi connectivity index (χ4n) is 7.30. The Kier molecular flexibility index (Phi) is 4.50. The van der Waals surface area contributed by atoms with Crippen molar-refractivity contribution in [3.05, 3.63) is 77.0 Å². The molecule has 0 amide bonds. The highest BCUT2D eigenvalue weighted by Crippen LogP contribution is 2.42. The fourth-order valence-corrected chi connectivity index (χ4v) is 7.30. The van der Waals surface area contributed by atoms with Crippen LogP contribution in [0.1, 0.15) is 63.9 Å². The zero-order valence-electron chi connectivity index (χ0n) is 24.8. The van der Waals surface area contributed by atoms with E-state index in [2.05, 4.69) is 115 Å². The molecule has 4 aromatic carbocycles. The Balaban J connectivity index is 1.56. The molecule has 3 nitrogen and oxygen atoms in total. The van der Waals surface area contributed by atoms with Crippen molar-refractivity contribution in [1.29, 1.82) is 0 Å². The number of rotatable bonds is 1. The number of aryl methyl sites for hydroxylation is 1. The molecule has 0 atom stereocenters. The van der Waals surface area contributed by atoms with Gasteiger partial charge in [0.25, 0.3) is 0 Å². The third kappa shape index (κ3) is 3.05. The smallest absolute Gasteiger partial charge is 0.249 e.